The van der Waals surface area contributed by atoms with Crippen molar-refractivity contribution in [2.24, 2.45) is 0 Å². The zero-order valence-electron chi connectivity index (χ0n) is 14.1. The van der Waals surface area contributed by atoms with Crippen LogP contribution in [0.1, 0.15) is 27.2 Å². The highest BCUT2D eigenvalue weighted by molar-refractivity contribution is 9.10. The number of benzene rings is 3. The molecule has 4 aromatic rings. The van der Waals surface area contributed by atoms with E-state index in [1.807, 2.05) is 24.3 Å². The second kappa shape index (κ2) is 6.23. The van der Waals surface area contributed by atoms with Gasteiger partial charge in [0.25, 0.3) is 0 Å². The van der Waals surface area contributed by atoms with Gasteiger partial charge in [0.05, 0.1) is 16.6 Å². The maximum atomic E-state index is 13.3. The number of carbonyl (C=O) groups excluding carboxylic acids is 1. The standard InChI is InChI=1S/C21H13BrF3NO/c1-11-18(15-7-4-8-16(19(15)26-11)21(23,24)25)20(27)14-9-10-17(22)13-6-3-2-5-12(13)14/h2-10,26H,1H3. The molecule has 0 fully saturated rings. The van der Waals surface area contributed by atoms with E-state index < -0.39 is 11.7 Å². The Kier molecular flexibility index (Phi) is 4.11. The molecule has 0 bridgehead atoms. The Labute approximate surface area is 161 Å². The number of para-hydroxylation sites is 1. The van der Waals surface area contributed by atoms with E-state index in [4.69, 9.17) is 0 Å². The summed E-state index contributed by atoms with van der Waals surface area (Å²) in [5.74, 6) is -0.304. The second-order valence-electron chi connectivity index (χ2n) is 6.32. The van der Waals surface area contributed by atoms with E-state index in [0.29, 0.717) is 11.3 Å². The predicted molar refractivity (Wildman–Crippen MR) is 103 cm³/mol. The number of hydrogen-bond donors (Lipinski definition) is 1. The predicted octanol–water partition coefficient (Wildman–Crippen LogP) is 6.64. The average Bonchev–Trinajstić information content (AvgIpc) is 2.96. The SMILES string of the molecule is Cc1[nH]c2c(C(F)(F)F)cccc2c1C(=O)c1ccc(Br)c2ccccc12. The van der Waals surface area contributed by atoms with Crippen molar-refractivity contribution in [1.82, 2.24) is 4.98 Å². The Morgan fingerprint density at radius 3 is 2.30 bits per heavy atom. The van der Waals surface area contributed by atoms with Crippen molar-refractivity contribution in [1.29, 1.82) is 0 Å². The van der Waals surface area contributed by atoms with Crippen molar-refractivity contribution < 1.29 is 18.0 Å². The summed E-state index contributed by atoms with van der Waals surface area (Å²) in [6.45, 7) is 1.62. The van der Waals surface area contributed by atoms with Crippen LogP contribution >= 0.6 is 15.9 Å². The number of H-pyrrole nitrogens is 1. The molecule has 1 heterocycles. The van der Waals surface area contributed by atoms with Crippen LogP contribution in [0.2, 0.25) is 0 Å². The van der Waals surface area contributed by atoms with Gasteiger partial charge in [-0.2, -0.15) is 13.2 Å². The zero-order valence-corrected chi connectivity index (χ0v) is 15.7. The molecule has 0 aliphatic rings. The lowest BCUT2D eigenvalue weighted by atomic mass is 9.95. The van der Waals surface area contributed by atoms with Gasteiger partial charge >= 0.3 is 6.18 Å². The maximum absolute atomic E-state index is 13.3. The zero-order chi connectivity index (χ0) is 19.3. The number of rotatable bonds is 2. The highest BCUT2D eigenvalue weighted by Crippen LogP contribution is 2.37. The quantitative estimate of drug-likeness (QED) is 0.354. The van der Waals surface area contributed by atoms with Crippen LogP contribution in [0.15, 0.2) is 59.1 Å². The van der Waals surface area contributed by atoms with E-state index in [9.17, 15) is 18.0 Å². The summed E-state index contributed by atoms with van der Waals surface area (Å²) >= 11 is 3.47. The van der Waals surface area contributed by atoms with Crippen LogP contribution in [0.4, 0.5) is 13.2 Å². The summed E-state index contributed by atoms with van der Waals surface area (Å²) in [5, 5.41) is 1.90. The summed E-state index contributed by atoms with van der Waals surface area (Å²) in [7, 11) is 0. The molecule has 4 rings (SSSR count). The molecule has 0 aliphatic carbocycles. The van der Waals surface area contributed by atoms with Crippen molar-refractivity contribution in [3.05, 3.63) is 81.5 Å². The van der Waals surface area contributed by atoms with Crippen LogP contribution in [0.3, 0.4) is 0 Å². The van der Waals surface area contributed by atoms with Crippen LogP contribution in [-0.4, -0.2) is 10.8 Å². The highest BCUT2D eigenvalue weighted by atomic mass is 79.9. The maximum Gasteiger partial charge on any atom is 0.418 e. The van der Waals surface area contributed by atoms with Crippen molar-refractivity contribution in [3.8, 4) is 0 Å². The normalized spacial score (nSPS) is 12.0. The molecule has 0 radical (unpaired) electrons. The van der Waals surface area contributed by atoms with E-state index in [0.717, 1.165) is 21.3 Å². The number of fused-ring (bicyclic) bond motifs is 2. The largest absolute Gasteiger partial charge is 0.418 e. The Hall–Kier alpha value is -2.60. The monoisotopic (exact) mass is 431 g/mol. The molecule has 0 saturated heterocycles. The molecule has 0 amide bonds. The van der Waals surface area contributed by atoms with E-state index in [-0.39, 0.29) is 22.2 Å². The molecule has 2 nitrogen and oxygen atoms in total. The molecule has 0 saturated carbocycles. The van der Waals surface area contributed by atoms with Crippen molar-refractivity contribution >= 4 is 43.4 Å². The number of ketones is 1. The molecule has 0 atom stereocenters. The molecule has 0 unspecified atom stereocenters. The molecule has 27 heavy (non-hydrogen) atoms. The lowest BCUT2D eigenvalue weighted by Crippen LogP contribution is -2.06. The number of carbonyl (C=O) groups is 1. The molecule has 136 valence electrons. The Bertz CT molecular complexity index is 1210. The highest BCUT2D eigenvalue weighted by Gasteiger charge is 2.34. The van der Waals surface area contributed by atoms with Gasteiger partial charge in [0.15, 0.2) is 5.78 Å². The summed E-state index contributed by atoms with van der Waals surface area (Å²) < 4.78 is 40.8. The lowest BCUT2D eigenvalue weighted by molar-refractivity contribution is -0.136. The van der Waals surface area contributed by atoms with Gasteiger partial charge in [0.1, 0.15) is 0 Å². The summed E-state index contributed by atoms with van der Waals surface area (Å²) in [6, 6.07) is 14.8. The van der Waals surface area contributed by atoms with Crippen LogP contribution in [-0.2, 0) is 6.18 Å². The number of hydrogen-bond acceptors (Lipinski definition) is 1. The minimum absolute atomic E-state index is 0.0627. The van der Waals surface area contributed by atoms with Crippen molar-refractivity contribution in [3.63, 3.8) is 0 Å². The van der Waals surface area contributed by atoms with Gasteiger partial charge in [-0.05, 0) is 35.9 Å². The smallest absolute Gasteiger partial charge is 0.357 e. The van der Waals surface area contributed by atoms with E-state index >= 15 is 0 Å². The molecule has 0 aliphatic heterocycles. The van der Waals surface area contributed by atoms with Crippen molar-refractivity contribution in [2.75, 3.05) is 0 Å². The van der Waals surface area contributed by atoms with Gasteiger partial charge in [-0.1, -0.05) is 52.3 Å². The van der Waals surface area contributed by atoms with E-state index in [2.05, 4.69) is 20.9 Å². The van der Waals surface area contributed by atoms with Gasteiger partial charge in [0, 0.05) is 21.1 Å². The molecule has 0 spiro atoms. The second-order valence-corrected chi connectivity index (χ2v) is 7.17. The van der Waals surface area contributed by atoms with Gasteiger partial charge in [0.2, 0.25) is 0 Å². The van der Waals surface area contributed by atoms with Gasteiger partial charge in [-0.25, -0.2) is 0 Å². The lowest BCUT2D eigenvalue weighted by Gasteiger charge is -2.09. The van der Waals surface area contributed by atoms with Gasteiger partial charge < -0.3 is 4.98 Å². The van der Waals surface area contributed by atoms with Crippen LogP contribution in [0.5, 0.6) is 0 Å². The Morgan fingerprint density at radius 2 is 1.59 bits per heavy atom. The number of aryl methyl sites for hydroxylation is 1. The molecule has 1 N–H and O–H groups in total. The van der Waals surface area contributed by atoms with E-state index in [1.165, 1.54) is 6.07 Å². The van der Waals surface area contributed by atoms with E-state index in [1.54, 1.807) is 25.1 Å². The number of alkyl halides is 3. The topological polar surface area (TPSA) is 32.9 Å². The number of halogens is 4. The first-order valence-corrected chi connectivity index (χ1v) is 8.99. The fraction of sp³-hybridized carbons (Fsp3) is 0.0952. The fourth-order valence-corrected chi connectivity index (χ4v) is 3.95. The number of aromatic nitrogens is 1. The molecular weight excluding hydrogens is 419 g/mol. The minimum Gasteiger partial charge on any atom is -0.357 e. The number of aromatic amines is 1. The number of nitrogens with one attached hydrogen (secondary N) is 1. The third-order valence-electron chi connectivity index (χ3n) is 4.67. The third-order valence-corrected chi connectivity index (χ3v) is 5.36. The first-order chi connectivity index (χ1) is 12.8. The molecule has 6 heteroatoms. The summed E-state index contributed by atoms with van der Waals surface area (Å²) in [4.78, 5) is 16.1. The van der Waals surface area contributed by atoms with Crippen molar-refractivity contribution in [2.45, 2.75) is 13.1 Å². The Balaban J connectivity index is 1.98. The summed E-state index contributed by atoms with van der Waals surface area (Å²) in [6.07, 6.45) is -4.50. The van der Waals surface area contributed by atoms with Gasteiger partial charge in [-0.3, -0.25) is 4.79 Å². The fourth-order valence-electron chi connectivity index (χ4n) is 3.47. The van der Waals surface area contributed by atoms with Crippen LogP contribution < -0.4 is 0 Å². The van der Waals surface area contributed by atoms with Crippen LogP contribution in [0, 0.1) is 6.92 Å². The third kappa shape index (κ3) is 2.84. The molecule has 3 aromatic carbocycles. The first kappa shape index (κ1) is 17.8. The average molecular weight is 432 g/mol. The molecular formula is C21H13BrF3NO. The minimum atomic E-state index is -4.50. The van der Waals surface area contributed by atoms with Gasteiger partial charge in [-0.15, -0.1) is 0 Å². The molecule has 1 aromatic heterocycles. The van der Waals surface area contributed by atoms with Crippen LogP contribution in [0.25, 0.3) is 21.7 Å². The first-order valence-electron chi connectivity index (χ1n) is 8.19. The Morgan fingerprint density at radius 1 is 0.926 bits per heavy atom. The summed E-state index contributed by atoms with van der Waals surface area (Å²) in [5.41, 5.74) is 0.299.